The molecule has 4 nitrogen and oxygen atoms in total. The van der Waals surface area contributed by atoms with E-state index in [9.17, 15) is 10.5 Å². The molecular formula is C44H26N4. The number of nitrogens with zero attached hydrogens (tertiary/aromatic N) is 4. The first-order valence-electron chi connectivity index (χ1n) is 15.9. The molecule has 222 valence electrons. The summed E-state index contributed by atoms with van der Waals surface area (Å²) in [5.41, 5.74) is 11.2. The Morgan fingerprint density at radius 2 is 0.854 bits per heavy atom. The molecule has 0 unspecified atom stereocenters. The zero-order valence-corrected chi connectivity index (χ0v) is 25.8. The summed E-state index contributed by atoms with van der Waals surface area (Å²) < 4.78 is 4.54. The fourth-order valence-electron chi connectivity index (χ4n) is 7.34. The van der Waals surface area contributed by atoms with E-state index in [0.29, 0.717) is 11.1 Å². The second-order valence-corrected chi connectivity index (χ2v) is 12.0. The van der Waals surface area contributed by atoms with Gasteiger partial charge in [-0.3, -0.25) is 0 Å². The minimum Gasteiger partial charge on any atom is -0.309 e. The fourth-order valence-corrected chi connectivity index (χ4v) is 7.34. The van der Waals surface area contributed by atoms with Crippen molar-refractivity contribution in [3.8, 4) is 45.8 Å². The predicted octanol–water partition coefficient (Wildman–Crippen LogP) is 11.0. The van der Waals surface area contributed by atoms with Crippen molar-refractivity contribution in [1.29, 1.82) is 10.5 Å². The van der Waals surface area contributed by atoms with Gasteiger partial charge < -0.3 is 9.13 Å². The van der Waals surface area contributed by atoms with Gasteiger partial charge in [-0.2, -0.15) is 10.5 Å². The Kier molecular flexibility index (Phi) is 6.22. The van der Waals surface area contributed by atoms with Crippen LogP contribution in [0.1, 0.15) is 11.1 Å². The Morgan fingerprint density at radius 1 is 0.375 bits per heavy atom. The molecule has 0 radical (unpaired) electrons. The van der Waals surface area contributed by atoms with E-state index < -0.39 is 0 Å². The van der Waals surface area contributed by atoms with E-state index in [1.807, 2.05) is 42.5 Å². The number of benzene rings is 7. The third kappa shape index (κ3) is 4.07. The van der Waals surface area contributed by atoms with Crippen LogP contribution in [0.3, 0.4) is 0 Å². The second kappa shape index (κ2) is 10.9. The number of hydrogen-bond acceptors (Lipinski definition) is 2. The number of nitriles is 2. The van der Waals surface area contributed by atoms with E-state index >= 15 is 0 Å². The average molecular weight is 611 g/mol. The molecule has 0 N–H and O–H groups in total. The van der Waals surface area contributed by atoms with Crippen molar-refractivity contribution in [2.24, 2.45) is 0 Å². The molecule has 0 saturated heterocycles. The number of hydrogen-bond donors (Lipinski definition) is 0. The Bertz CT molecular complexity index is 2710. The zero-order valence-electron chi connectivity index (χ0n) is 25.8. The van der Waals surface area contributed by atoms with E-state index in [2.05, 4.69) is 137 Å². The van der Waals surface area contributed by atoms with E-state index in [-0.39, 0.29) is 0 Å². The van der Waals surface area contributed by atoms with E-state index in [1.54, 1.807) is 0 Å². The molecule has 2 heterocycles. The van der Waals surface area contributed by atoms with Gasteiger partial charge in [-0.1, -0.05) is 103 Å². The normalized spacial score (nSPS) is 11.3. The van der Waals surface area contributed by atoms with Crippen LogP contribution in [0.2, 0.25) is 0 Å². The molecule has 4 heteroatoms. The molecule has 0 amide bonds. The highest BCUT2D eigenvalue weighted by Crippen LogP contribution is 2.42. The van der Waals surface area contributed by atoms with E-state index in [4.69, 9.17) is 0 Å². The molecule has 0 aliphatic rings. The van der Waals surface area contributed by atoms with E-state index in [1.165, 1.54) is 10.8 Å². The zero-order chi connectivity index (χ0) is 32.2. The largest absolute Gasteiger partial charge is 0.309 e. The van der Waals surface area contributed by atoms with Crippen LogP contribution in [0.25, 0.3) is 77.2 Å². The molecule has 9 rings (SSSR count). The highest BCUT2D eigenvalue weighted by molar-refractivity contribution is 6.11. The van der Waals surface area contributed by atoms with Gasteiger partial charge in [-0.25, -0.2) is 0 Å². The smallest absolute Gasteiger partial charge is 0.0998 e. The minimum absolute atomic E-state index is 0.583. The van der Waals surface area contributed by atoms with Gasteiger partial charge in [0.05, 0.1) is 51.0 Å². The molecule has 2 aromatic heterocycles. The van der Waals surface area contributed by atoms with Crippen molar-refractivity contribution in [3.05, 3.63) is 169 Å². The highest BCUT2D eigenvalue weighted by atomic mass is 15.0. The monoisotopic (exact) mass is 610 g/mol. The van der Waals surface area contributed by atoms with Crippen LogP contribution in [-0.4, -0.2) is 9.13 Å². The van der Waals surface area contributed by atoms with Gasteiger partial charge in [0.1, 0.15) is 0 Å². The lowest BCUT2D eigenvalue weighted by Gasteiger charge is -2.18. The summed E-state index contributed by atoms with van der Waals surface area (Å²) in [7, 11) is 0. The number of para-hydroxylation sites is 4. The molecule has 0 saturated carbocycles. The Labute approximate surface area is 277 Å². The Balaban J connectivity index is 1.32. The van der Waals surface area contributed by atoms with E-state index in [0.717, 1.165) is 66.5 Å². The number of aromatic nitrogens is 2. The maximum atomic E-state index is 10.4. The average Bonchev–Trinajstić information content (AvgIpc) is 3.67. The van der Waals surface area contributed by atoms with Crippen molar-refractivity contribution in [1.82, 2.24) is 9.13 Å². The van der Waals surface area contributed by atoms with Crippen molar-refractivity contribution in [2.75, 3.05) is 0 Å². The first-order chi connectivity index (χ1) is 23.7. The van der Waals surface area contributed by atoms with Crippen LogP contribution in [-0.2, 0) is 0 Å². The topological polar surface area (TPSA) is 57.4 Å². The standard InChI is InChI=1S/C44H26N4/c45-27-29-21-24-38(44(25-29)48-42-19-9-5-15-36(42)37-16-6-10-20-43(37)48)32-11-1-2-12-33(32)39-26-31(23-22-30(39)28-46)47-40-17-7-3-13-34(40)35-14-4-8-18-41(35)47/h1-26H. The Hall–Kier alpha value is -6.88. The van der Waals surface area contributed by atoms with Gasteiger partial charge in [-0.15, -0.1) is 0 Å². The summed E-state index contributed by atoms with van der Waals surface area (Å²) in [6.07, 6.45) is 0. The van der Waals surface area contributed by atoms with Gasteiger partial charge in [0.25, 0.3) is 0 Å². The lowest BCUT2D eigenvalue weighted by atomic mass is 9.90. The molecule has 0 fully saturated rings. The van der Waals surface area contributed by atoms with Crippen LogP contribution in [0.15, 0.2) is 158 Å². The Morgan fingerprint density at radius 3 is 1.38 bits per heavy atom. The van der Waals surface area contributed by atoms with Gasteiger partial charge in [-0.05, 0) is 65.7 Å². The minimum atomic E-state index is 0.583. The summed E-state index contributed by atoms with van der Waals surface area (Å²) in [6, 6.07) is 58.8. The van der Waals surface area contributed by atoms with Gasteiger partial charge >= 0.3 is 0 Å². The van der Waals surface area contributed by atoms with Crippen LogP contribution < -0.4 is 0 Å². The summed E-state index contributed by atoms with van der Waals surface area (Å²) in [4.78, 5) is 0. The maximum Gasteiger partial charge on any atom is 0.0998 e. The first kappa shape index (κ1) is 27.4. The molecule has 48 heavy (non-hydrogen) atoms. The molecule has 9 aromatic rings. The lowest BCUT2D eigenvalue weighted by molar-refractivity contribution is 1.18. The van der Waals surface area contributed by atoms with Gasteiger partial charge in [0.15, 0.2) is 0 Å². The molecule has 7 aromatic carbocycles. The summed E-state index contributed by atoms with van der Waals surface area (Å²) in [5.74, 6) is 0. The van der Waals surface area contributed by atoms with Crippen LogP contribution in [0.5, 0.6) is 0 Å². The third-order valence-electron chi connectivity index (χ3n) is 9.42. The van der Waals surface area contributed by atoms with Crippen LogP contribution in [0.4, 0.5) is 0 Å². The molecule has 0 spiro atoms. The third-order valence-corrected chi connectivity index (χ3v) is 9.42. The molecule has 0 aliphatic heterocycles. The van der Waals surface area contributed by atoms with Crippen LogP contribution >= 0.6 is 0 Å². The lowest BCUT2D eigenvalue weighted by Crippen LogP contribution is -2.00. The maximum absolute atomic E-state index is 10.4. The fraction of sp³-hybridized carbons (Fsp3) is 0. The molecule has 0 aliphatic carbocycles. The quantitative estimate of drug-likeness (QED) is 0.199. The highest BCUT2D eigenvalue weighted by Gasteiger charge is 2.20. The van der Waals surface area contributed by atoms with Gasteiger partial charge in [0, 0.05) is 38.4 Å². The van der Waals surface area contributed by atoms with Crippen molar-refractivity contribution in [3.63, 3.8) is 0 Å². The number of rotatable bonds is 4. The molecular weight excluding hydrogens is 585 g/mol. The van der Waals surface area contributed by atoms with Crippen molar-refractivity contribution < 1.29 is 0 Å². The summed E-state index contributed by atoms with van der Waals surface area (Å²) in [5, 5.41) is 25.1. The van der Waals surface area contributed by atoms with Crippen molar-refractivity contribution in [2.45, 2.75) is 0 Å². The molecule has 0 atom stereocenters. The SMILES string of the molecule is N#Cc1ccc(-c2ccccc2-c2cc(-n3c4ccccc4c4ccccc43)ccc2C#N)c(-n2c3ccccc3c3ccccc32)c1. The number of fused-ring (bicyclic) bond motifs is 6. The summed E-state index contributed by atoms with van der Waals surface area (Å²) in [6.45, 7) is 0. The molecule has 0 bridgehead atoms. The van der Waals surface area contributed by atoms with Crippen molar-refractivity contribution >= 4 is 43.6 Å². The van der Waals surface area contributed by atoms with Gasteiger partial charge in [0.2, 0.25) is 0 Å². The predicted molar refractivity (Wildman–Crippen MR) is 195 cm³/mol. The summed E-state index contributed by atoms with van der Waals surface area (Å²) >= 11 is 0. The second-order valence-electron chi connectivity index (χ2n) is 12.0. The van der Waals surface area contributed by atoms with Crippen LogP contribution in [0, 0.1) is 22.7 Å². The first-order valence-corrected chi connectivity index (χ1v) is 15.9.